The maximum Gasteiger partial charge on any atom is 0.194 e. The van der Waals surface area contributed by atoms with Crippen LogP contribution in [0.2, 0.25) is 0 Å². The van der Waals surface area contributed by atoms with Crippen molar-refractivity contribution in [1.82, 2.24) is 0 Å². The van der Waals surface area contributed by atoms with Crippen LogP contribution >= 0.6 is 0 Å². The maximum absolute atomic E-state index is 15.0. The second-order valence-corrected chi connectivity index (χ2v) is 11.9. The van der Waals surface area contributed by atoms with Gasteiger partial charge in [0.1, 0.15) is 0 Å². The fraction of sp³-hybridized carbons (Fsp3) is 0.500. The van der Waals surface area contributed by atoms with Crippen molar-refractivity contribution < 1.29 is 22.0 Å². The van der Waals surface area contributed by atoms with E-state index in [9.17, 15) is 17.6 Å². The van der Waals surface area contributed by atoms with E-state index in [1.54, 1.807) is 6.07 Å². The molecule has 0 heterocycles. The topological polar surface area (TPSA) is 0 Å². The molecule has 1 saturated carbocycles. The van der Waals surface area contributed by atoms with Crippen molar-refractivity contribution >= 4 is 0 Å². The number of unbranched alkanes of at least 4 members (excludes halogenated alkanes) is 7. The molecule has 4 rings (SSSR count). The van der Waals surface area contributed by atoms with E-state index < -0.39 is 29.1 Å². The number of rotatable bonds is 14. The van der Waals surface area contributed by atoms with Crippen LogP contribution in [0, 0.1) is 35.0 Å². The highest BCUT2D eigenvalue weighted by Crippen LogP contribution is 2.38. The van der Waals surface area contributed by atoms with E-state index in [4.69, 9.17) is 0 Å². The SMILES string of the molecule is CCCCCCCCCCC1CCC(c2ccc(-c3ccc(CCc4cc(F)c(F)c(F)c4)c(F)c3F)cc2)CC1. The summed E-state index contributed by atoms with van der Waals surface area (Å²) < 4.78 is 70.0. The van der Waals surface area contributed by atoms with Crippen LogP contribution in [0.1, 0.15) is 113 Å². The number of benzene rings is 3. The van der Waals surface area contributed by atoms with E-state index in [2.05, 4.69) is 6.92 Å². The minimum atomic E-state index is -1.54. The number of aryl methyl sites for hydroxylation is 2. The summed E-state index contributed by atoms with van der Waals surface area (Å²) in [5, 5.41) is 0. The third kappa shape index (κ3) is 8.66. The molecule has 222 valence electrons. The van der Waals surface area contributed by atoms with E-state index >= 15 is 4.39 Å². The van der Waals surface area contributed by atoms with E-state index in [-0.39, 0.29) is 29.5 Å². The fourth-order valence-corrected chi connectivity index (χ4v) is 6.32. The summed E-state index contributed by atoms with van der Waals surface area (Å²) in [5.74, 6) is -4.68. The largest absolute Gasteiger partial charge is 0.204 e. The molecule has 0 amide bonds. The maximum atomic E-state index is 15.0. The summed E-state index contributed by atoms with van der Waals surface area (Å²) in [4.78, 5) is 0. The van der Waals surface area contributed by atoms with Crippen LogP contribution in [0.4, 0.5) is 22.0 Å². The first kappa shape index (κ1) is 31.3. The summed E-state index contributed by atoms with van der Waals surface area (Å²) in [6.45, 7) is 2.26. The third-order valence-corrected chi connectivity index (χ3v) is 8.89. The highest BCUT2D eigenvalue weighted by molar-refractivity contribution is 5.65. The Hall–Kier alpha value is -2.69. The average molecular weight is 571 g/mol. The molecule has 41 heavy (non-hydrogen) atoms. The standard InChI is InChI=1S/C36H43F5/c1-2-3-4-5-6-7-8-9-10-25-11-14-27(15-12-25)28-17-19-29(20-18-28)31-22-21-30(34(39)35(31)40)16-13-26-23-32(37)36(41)33(38)24-26/h17-25,27H,2-16H2,1H3. The van der Waals surface area contributed by atoms with Crippen molar-refractivity contribution in [2.24, 2.45) is 5.92 Å². The molecule has 0 unspecified atom stereocenters. The third-order valence-electron chi connectivity index (χ3n) is 8.89. The van der Waals surface area contributed by atoms with Crippen LogP contribution in [0.5, 0.6) is 0 Å². The Bertz CT molecular complexity index is 1220. The summed E-state index contributed by atoms with van der Waals surface area (Å²) in [6, 6.07) is 12.6. The van der Waals surface area contributed by atoms with Crippen molar-refractivity contribution in [3.8, 4) is 11.1 Å². The normalized spacial score (nSPS) is 17.2. The zero-order chi connectivity index (χ0) is 29.2. The molecule has 1 fully saturated rings. The molecular formula is C36H43F5. The van der Waals surface area contributed by atoms with Crippen LogP contribution in [0.25, 0.3) is 11.1 Å². The molecule has 1 aliphatic rings. The highest BCUT2D eigenvalue weighted by atomic mass is 19.2. The van der Waals surface area contributed by atoms with Gasteiger partial charge in [0, 0.05) is 5.56 Å². The van der Waals surface area contributed by atoms with Crippen LogP contribution in [0.3, 0.4) is 0 Å². The Kier molecular flexibility index (Phi) is 11.8. The van der Waals surface area contributed by atoms with Gasteiger partial charge in [-0.2, -0.15) is 0 Å². The zero-order valence-electron chi connectivity index (χ0n) is 24.3. The Morgan fingerprint density at radius 2 is 1.22 bits per heavy atom. The van der Waals surface area contributed by atoms with Gasteiger partial charge in [0.05, 0.1) is 0 Å². The lowest BCUT2D eigenvalue weighted by atomic mass is 9.77. The molecule has 0 bridgehead atoms. The van der Waals surface area contributed by atoms with Gasteiger partial charge < -0.3 is 0 Å². The first-order chi connectivity index (χ1) is 19.9. The second-order valence-electron chi connectivity index (χ2n) is 11.9. The lowest BCUT2D eigenvalue weighted by molar-refractivity contribution is 0.302. The molecule has 0 aliphatic heterocycles. The van der Waals surface area contributed by atoms with Gasteiger partial charge in [-0.15, -0.1) is 0 Å². The number of hydrogen-bond donors (Lipinski definition) is 0. The predicted octanol–water partition coefficient (Wildman–Crippen LogP) is 11.6. The van der Waals surface area contributed by atoms with Crippen LogP contribution in [-0.4, -0.2) is 0 Å². The van der Waals surface area contributed by atoms with Gasteiger partial charge in [-0.05, 0) is 84.7 Å². The van der Waals surface area contributed by atoms with Gasteiger partial charge in [0.15, 0.2) is 29.1 Å². The van der Waals surface area contributed by atoms with Gasteiger partial charge in [-0.25, -0.2) is 22.0 Å². The average Bonchev–Trinajstić information content (AvgIpc) is 2.98. The van der Waals surface area contributed by atoms with E-state index in [0.29, 0.717) is 11.5 Å². The minimum absolute atomic E-state index is 0.0359. The molecule has 0 atom stereocenters. The van der Waals surface area contributed by atoms with Crippen LogP contribution in [-0.2, 0) is 12.8 Å². The van der Waals surface area contributed by atoms with Gasteiger partial charge in [0.25, 0.3) is 0 Å². The van der Waals surface area contributed by atoms with Gasteiger partial charge in [0.2, 0.25) is 0 Å². The molecule has 5 heteroatoms. The highest BCUT2D eigenvalue weighted by Gasteiger charge is 2.22. The molecule has 0 N–H and O–H groups in total. The number of hydrogen-bond acceptors (Lipinski definition) is 0. The van der Waals surface area contributed by atoms with E-state index in [1.165, 1.54) is 95.1 Å². The van der Waals surface area contributed by atoms with Crippen molar-refractivity contribution in [3.05, 3.63) is 94.3 Å². The molecule has 3 aromatic rings. The molecule has 1 aliphatic carbocycles. The molecule has 0 spiro atoms. The quantitative estimate of drug-likeness (QED) is 0.103. The summed E-state index contributed by atoms with van der Waals surface area (Å²) >= 11 is 0. The van der Waals surface area contributed by atoms with Gasteiger partial charge in [-0.1, -0.05) is 101 Å². The first-order valence-corrected chi connectivity index (χ1v) is 15.6. The summed E-state index contributed by atoms with van der Waals surface area (Å²) in [7, 11) is 0. The van der Waals surface area contributed by atoms with Crippen LogP contribution < -0.4 is 0 Å². The first-order valence-electron chi connectivity index (χ1n) is 15.6. The summed E-state index contributed by atoms with van der Waals surface area (Å²) in [5.41, 5.74) is 2.35. The lowest BCUT2D eigenvalue weighted by Crippen LogP contribution is -2.13. The minimum Gasteiger partial charge on any atom is -0.204 e. The molecule has 0 aromatic heterocycles. The Balaban J connectivity index is 1.26. The Labute approximate surface area is 242 Å². The monoisotopic (exact) mass is 570 g/mol. The number of halogens is 5. The van der Waals surface area contributed by atoms with E-state index in [1.807, 2.05) is 24.3 Å². The molecule has 0 nitrogen and oxygen atoms in total. The van der Waals surface area contributed by atoms with Crippen molar-refractivity contribution in [3.63, 3.8) is 0 Å². The van der Waals surface area contributed by atoms with Crippen LogP contribution in [0.15, 0.2) is 48.5 Å². The zero-order valence-corrected chi connectivity index (χ0v) is 24.3. The summed E-state index contributed by atoms with van der Waals surface area (Å²) in [6.07, 6.45) is 17.2. The van der Waals surface area contributed by atoms with Crippen molar-refractivity contribution in [2.75, 3.05) is 0 Å². The molecular weight excluding hydrogens is 527 g/mol. The van der Waals surface area contributed by atoms with Gasteiger partial charge in [-0.3, -0.25) is 0 Å². The Morgan fingerprint density at radius 1 is 0.610 bits per heavy atom. The Morgan fingerprint density at radius 3 is 1.85 bits per heavy atom. The smallest absolute Gasteiger partial charge is 0.194 e. The van der Waals surface area contributed by atoms with Gasteiger partial charge >= 0.3 is 0 Å². The van der Waals surface area contributed by atoms with Crippen molar-refractivity contribution in [1.29, 1.82) is 0 Å². The lowest BCUT2D eigenvalue weighted by Gasteiger charge is -2.29. The fourth-order valence-electron chi connectivity index (χ4n) is 6.32. The molecule has 3 aromatic carbocycles. The molecule has 0 radical (unpaired) electrons. The second kappa shape index (κ2) is 15.5. The van der Waals surface area contributed by atoms with E-state index in [0.717, 1.165) is 18.1 Å². The molecule has 0 saturated heterocycles. The van der Waals surface area contributed by atoms with Crippen molar-refractivity contribution in [2.45, 2.75) is 109 Å². The predicted molar refractivity (Wildman–Crippen MR) is 157 cm³/mol.